The number of rotatable bonds is 14. The minimum Gasteiger partial charge on any atom is -0.504 e. The number of amides is 2. The number of quaternary nitrogens is 1. The predicted octanol–water partition coefficient (Wildman–Crippen LogP) is 1.32. The van der Waals surface area contributed by atoms with Gasteiger partial charge in [0.05, 0.1) is 36.0 Å². The zero-order chi connectivity index (χ0) is 39.9. The molecule has 2 amide bonds. The standard InChI is InChI=1S/C33H34ClN7O12S2/c1-2-39-10-14(26(46)16-7-18(42)19(43)8-17(16)39)11-41(5-3-4-6-41)12-15-13-54-30-24(29(48)40(30)25(15)32(51)52)36-28(47)23(22-27(34)55-33(35)37-22)38-53-20(31(49)50)9-21(44)45/h7-8,10,20,24,30H,2-6,9,11-13H2,1H3,(H7-,35,36,37,38,42,43,44,45,46,47,49,50,51,52)/p+1/t20-,24+,30+/m0/s1. The highest BCUT2D eigenvalue weighted by molar-refractivity contribution is 8.00. The van der Waals surface area contributed by atoms with Crippen molar-refractivity contribution in [3.05, 3.63) is 55.4 Å². The molecule has 8 N–H and O–H groups in total. The number of halogens is 1. The van der Waals surface area contributed by atoms with Crippen LogP contribution in [-0.4, -0.2) is 123 Å². The summed E-state index contributed by atoms with van der Waals surface area (Å²) in [5, 5.41) is 54.4. The number of oxime groups is 1. The van der Waals surface area contributed by atoms with Gasteiger partial charge in [-0.2, -0.15) is 0 Å². The number of thioether (sulfide) groups is 1. The Balaban J connectivity index is 1.26. The van der Waals surface area contributed by atoms with Gasteiger partial charge in [0, 0.05) is 43.0 Å². The molecule has 0 aliphatic carbocycles. The number of nitrogens with two attached hydrogens (primary N) is 1. The number of phenols is 2. The number of likely N-dealkylation sites (tertiary alicyclic amines) is 1. The molecule has 0 unspecified atom stereocenters. The van der Waals surface area contributed by atoms with E-state index in [0.717, 1.165) is 29.1 Å². The van der Waals surface area contributed by atoms with Crippen LogP contribution >= 0.6 is 34.7 Å². The number of nitrogens with zero attached hydrogens (tertiary/aromatic N) is 5. The molecule has 19 nitrogen and oxygen atoms in total. The average molecular weight is 821 g/mol. The van der Waals surface area contributed by atoms with Crippen molar-refractivity contribution in [3.8, 4) is 11.5 Å². The van der Waals surface area contributed by atoms with E-state index in [9.17, 15) is 49.2 Å². The maximum Gasteiger partial charge on any atom is 0.352 e. The highest BCUT2D eigenvalue weighted by atomic mass is 35.5. The number of nitrogens with one attached hydrogen (secondary N) is 1. The summed E-state index contributed by atoms with van der Waals surface area (Å²) in [5.74, 6) is -7.03. The fourth-order valence-electron chi connectivity index (χ4n) is 7.11. The van der Waals surface area contributed by atoms with Crippen LogP contribution in [0.2, 0.25) is 4.34 Å². The number of benzene rings is 1. The highest BCUT2D eigenvalue weighted by Crippen LogP contribution is 2.42. The molecule has 0 saturated carbocycles. The lowest BCUT2D eigenvalue weighted by Gasteiger charge is -2.50. The Hall–Kier alpha value is -5.38. The van der Waals surface area contributed by atoms with E-state index in [0.29, 0.717) is 40.8 Å². The van der Waals surface area contributed by atoms with Gasteiger partial charge in [-0.3, -0.25) is 24.1 Å². The molecule has 3 atom stereocenters. The third-order valence-electron chi connectivity index (χ3n) is 9.62. The van der Waals surface area contributed by atoms with Gasteiger partial charge in [0.15, 0.2) is 27.8 Å². The monoisotopic (exact) mass is 820 g/mol. The Morgan fingerprint density at radius 1 is 1.13 bits per heavy atom. The third-order valence-corrected chi connectivity index (χ3v) is 12.0. The van der Waals surface area contributed by atoms with Gasteiger partial charge in [0.2, 0.25) is 6.10 Å². The fourth-order valence-corrected chi connectivity index (χ4v) is 9.37. The molecule has 292 valence electrons. The van der Waals surface area contributed by atoms with Crippen LogP contribution in [0.3, 0.4) is 0 Å². The van der Waals surface area contributed by atoms with E-state index < -0.39 is 65.1 Å². The van der Waals surface area contributed by atoms with Gasteiger partial charge in [-0.1, -0.05) is 28.1 Å². The number of aromatic nitrogens is 2. The van der Waals surface area contributed by atoms with Crippen molar-refractivity contribution in [1.29, 1.82) is 0 Å². The molecular weight excluding hydrogens is 786 g/mol. The van der Waals surface area contributed by atoms with Crippen LogP contribution in [0.15, 0.2) is 39.5 Å². The number of hydrogen-bond acceptors (Lipinski definition) is 14. The first kappa shape index (κ1) is 39.3. The lowest BCUT2D eigenvalue weighted by atomic mass is 10.0. The highest BCUT2D eigenvalue weighted by Gasteiger charge is 2.55. The SMILES string of the molecule is CCn1cc(C[N+]2(CC3=C(C(=O)O)N4C(=O)[C@@H](NC(=O)C(=NO[C@@H](CC(=O)O)C(=O)O)c5nc(N)sc5Cl)[C@H]4SC3)CCCC2)c(=O)c2cc(O)c(O)cc21. The Bertz CT molecular complexity index is 2250. The maximum atomic E-state index is 13.7. The number of pyridine rings is 1. The van der Waals surface area contributed by atoms with Gasteiger partial charge >= 0.3 is 17.9 Å². The number of anilines is 1. The second-order valence-electron chi connectivity index (χ2n) is 13.2. The average Bonchev–Trinajstić information content (AvgIpc) is 3.72. The van der Waals surface area contributed by atoms with Crippen LogP contribution in [0.25, 0.3) is 10.9 Å². The van der Waals surface area contributed by atoms with Crippen LogP contribution < -0.4 is 16.5 Å². The first-order valence-electron chi connectivity index (χ1n) is 16.8. The van der Waals surface area contributed by atoms with E-state index in [1.807, 2.05) is 6.92 Å². The molecule has 6 rings (SSSR count). The van der Waals surface area contributed by atoms with Crippen molar-refractivity contribution >= 4 is 86.2 Å². The van der Waals surface area contributed by atoms with Crippen LogP contribution in [-0.2, 0) is 41.9 Å². The normalized spacial score (nSPS) is 19.9. The Morgan fingerprint density at radius 2 is 1.82 bits per heavy atom. The smallest absolute Gasteiger partial charge is 0.352 e. The summed E-state index contributed by atoms with van der Waals surface area (Å²) < 4.78 is 2.00. The van der Waals surface area contributed by atoms with Crippen molar-refractivity contribution in [2.75, 3.05) is 31.1 Å². The van der Waals surface area contributed by atoms with Crippen molar-refractivity contribution in [1.82, 2.24) is 19.8 Å². The number of thiazole rings is 1. The summed E-state index contributed by atoms with van der Waals surface area (Å²) in [5.41, 5.74) is 5.51. The van der Waals surface area contributed by atoms with E-state index in [2.05, 4.69) is 15.5 Å². The molecule has 1 aromatic carbocycles. The molecule has 0 spiro atoms. The number of phenolic OH excluding ortho intramolecular Hbond substituents is 2. The van der Waals surface area contributed by atoms with Crippen LogP contribution in [0.5, 0.6) is 11.5 Å². The van der Waals surface area contributed by atoms with Gasteiger partial charge in [-0.05, 0) is 13.0 Å². The first-order chi connectivity index (χ1) is 26.0. The summed E-state index contributed by atoms with van der Waals surface area (Å²) in [6.07, 6.45) is 0.353. The van der Waals surface area contributed by atoms with Crippen LogP contribution in [0, 0.1) is 0 Å². The minimum atomic E-state index is -2.00. The van der Waals surface area contributed by atoms with E-state index in [1.165, 1.54) is 23.9 Å². The molecule has 3 aliphatic rings. The van der Waals surface area contributed by atoms with Gasteiger partial charge < -0.3 is 50.5 Å². The fraction of sp³-hybridized carbons (Fsp3) is 0.394. The minimum absolute atomic E-state index is 0.0898. The largest absolute Gasteiger partial charge is 0.504 e. The molecule has 0 radical (unpaired) electrons. The molecule has 3 aromatic rings. The Kier molecular flexibility index (Phi) is 11.0. The van der Waals surface area contributed by atoms with Crippen LogP contribution in [0.4, 0.5) is 5.13 Å². The number of hydrogen-bond donors (Lipinski definition) is 7. The first-order valence-corrected chi connectivity index (χ1v) is 19.0. The molecule has 2 saturated heterocycles. The molecule has 2 fully saturated rings. The second kappa shape index (κ2) is 15.4. The van der Waals surface area contributed by atoms with Crippen molar-refractivity contribution < 1.29 is 58.8 Å². The van der Waals surface area contributed by atoms with Crippen molar-refractivity contribution in [2.45, 2.75) is 56.8 Å². The van der Waals surface area contributed by atoms with E-state index in [1.54, 1.807) is 10.8 Å². The van der Waals surface area contributed by atoms with E-state index in [-0.39, 0.29) is 56.3 Å². The maximum absolute atomic E-state index is 13.7. The number of β-lactam (4-membered cyclic amide) rings is 1. The van der Waals surface area contributed by atoms with Crippen LogP contribution in [0.1, 0.15) is 37.4 Å². The van der Waals surface area contributed by atoms with Gasteiger partial charge in [-0.15, -0.1) is 11.8 Å². The van der Waals surface area contributed by atoms with E-state index >= 15 is 0 Å². The molecule has 3 aliphatic heterocycles. The van der Waals surface area contributed by atoms with Gasteiger partial charge in [0.25, 0.3) is 11.8 Å². The molecule has 5 heterocycles. The Labute approximate surface area is 323 Å². The summed E-state index contributed by atoms with van der Waals surface area (Å²) in [6, 6.07) is 1.31. The summed E-state index contributed by atoms with van der Waals surface area (Å²) in [4.78, 5) is 86.3. The second-order valence-corrected chi connectivity index (χ2v) is 15.9. The number of carbonyl (C=O) groups excluding carboxylic acids is 2. The lowest BCUT2D eigenvalue weighted by molar-refractivity contribution is -0.925. The van der Waals surface area contributed by atoms with Crippen molar-refractivity contribution in [3.63, 3.8) is 0 Å². The number of aryl methyl sites for hydroxylation is 1. The molecular formula is C33H35ClN7O12S2+. The number of fused-ring (bicyclic) bond motifs is 2. The predicted molar refractivity (Wildman–Crippen MR) is 198 cm³/mol. The molecule has 2 aromatic heterocycles. The summed E-state index contributed by atoms with van der Waals surface area (Å²) in [6.45, 7) is 4.06. The topological polar surface area (TPSA) is 284 Å². The van der Waals surface area contributed by atoms with Gasteiger partial charge in [0.1, 0.15) is 40.2 Å². The molecule has 22 heteroatoms. The number of nitrogen functional groups attached to an aromatic ring is 1. The molecule has 0 bridgehead atoms. The quantitative estimate of drug-likeness (QED) is 0.0397. The number of aliphatic carboxylic acids is 3. The zero-order valence-corrected chi connectivity index (χ0v) is 31.3. The summed E-state index contributed by atoms with van der Waals surface area (Å²) >= 11 is 8.16. The van der Waals surface area contributed by atoms with Gasteiger partial charge in [-0.25, -0.2) is 14.6 Å². The summed E-state index contributed by atoms with van der Waals surface area (Å²) in [7, 11) is 0. The number of carbonyl (C=O) groups is 5. The molecule has 55 heavy (non-hydrogen) atoms. The number of aromatic hydroxyl groups is 2. The number of carboxylic acid groups (broad SMARTS) is 3. The third kappa shape index (κ3) is 7.64. The van der Waals surface area contributed by atoms with E-state index in [4.69, 9.17) is 27.3 Å². The Morgan fingerprint density at radius 3 is 2.42 bits per heavy atom. The lowest BCUT2D eigenvalue weighted by Crippen LogP contribution is -2.71. The number of carboxylic acids is 3. The van der Waals surface area contributed by atoms with Crippen molar-refractivity contribution in [2.24, 2.45) is 5.16 Å². The zero-order valence-electron chi connectivity index (χ0n) is 28.9.